The van der Waals surface area contributed by atoms with Crippen molar-refractivity contribution in [1.82, 2.24) is 21.3 Å². The Morgan fingerprint density at radius 2 is 1.50 bits per heavy atom. The van der Waals surface area contributed by atoms with E-state index in [1.54, 1.807) is 13.8 Å². The summed E-state index contributed by atoms with van der Waals surface area (Å²) in [6.45, 7) is 7.46. The van der Waals surface area contributed by atoms with Crippen molar-refractivity contribution >= 4 is 30.0 Å². The van der Waals surface area contributed by atoms with Gasteiger partial charge in [0.2, 0.25) is 11.8 Å². The Balaban J connectivity index is 2.88. The number of aliphatic carboxylic acids is 1. The third kappa shape index (κ3) is 17.5. The van der Waals surface area contributed by atoms with E-state index in [0.717, 1.165) is 12.8 Å². The van der Waals surface area contributed by atoms with Gasteiger partial charge in [-0.25, -0.2) is 14.4 Å². The molecule has 0 spiro atoms. The second-order valence-electron chi connectivity index (χ2n) is 12.9. The summed E-state index contributed by atoms with van der Waals surface area (Å²) < 4.78 is 26.4. The quantitative estimate of drug-likeness (QED) is 0.0488. The smallest absolute Gasteiger partial charge is 0.407 e. The lowest BCUT2D eigenvalue weighted by Crippen LogP contribution is -2.68. The summed E-state index contributed by atoms with van der Waals surface area (Å²) in [6, 6.07) is -2.60. The fourth-order valence-corrected chi connectivity index (χ4v) is 5.44. The molecule has 1 heterocycles. The zero-order chi connectivity index (χ0) is 39.1. The van der Waals surface area contributed by atoms with Crippen LogP contribution in [0.3, 0.4) is 0 Å². The van der Waals surface area contributed by atoms with Gasteiger partial charge in [-0.15, -0.1) is 0 Å². The number of carboxylic acid groups (broad SMARTS) is 1. The van der Waals surface area contributed by atoms with Crippen LogP contribution < -0.4 is 21.3 Å². The van der Waals surface area contributed by atoms with Crippen molar-refractivity contribution in [2.24, 2.45) is 5.92 Å². The number of carbonyl (C=O) groups excluding carboxylic acids is 4. The maximum absolute atomic E-state index is 13.2. The average molecular weight is 753 g/mol. The van der Waals surface area contributed by atoms with Crippen molar-refractivity contribution in [1.29, 1.82) is 0 Å². The molecule has 0 bridgehead atoms. The van der Waals surface area contributed by atoms with Gasteiger partial charge in [0.15, 0.2) is 5.60 Å². The van der Waals surface area contributed by atoms with Crippen molar-refractivity contribution in [3.05, 3.63) is 0 Å². The molecular formula is C33H60N4O15. The van der Waals surface area contributed by atoms with E-state index in [4.69, 9.17) is 23.7 Å². The molecule has 7 unspecified atom stereocenters. The molecule has 19 nitrogen and oxygen atoms in total. The van der Waals surface area contributed by atoms with Gasteiger partial charge < -0.3 is 70.5 Å². The summed E-state index contributed by atoms with van der Waals surface area (Å²) in [5, 5.41) is 61.1. The van der Waals surface area contributed by atoms with E-state index in [2.05, 4.69) is 21.3 Å². The van der Waals surface area contributed by atoms with E-state index in [1.807, 2.05) is 13.8 Å². The Hall–Kier alpha value is -3.33. The van der Waals surface area contributed by atoms with Gasteiger partial charge in [-0.05, 0) is 44.4 Å². The molecule has 1 rings (SSSR count). The summed E-state index contributed by atoms with van der Waals surface area (Å²) in [5.41, 5.74) is -1.96. The highest BCUT2D eigenvalue weighted by molar-refractivity contribution is 5.89. The van der Waals surface area contributed by atoms with Crippen LogP contribution in [0.15, 0.2) is 0 Å². The molecule has 0 aromatic carbocycles. The van der Waals surface area contributed by atoms with Gasteiger partial charge >= 0.3 is 18.2 Å². The van der Waals surface area contributed by atoms with Gasteiger partial charge in [0.05, 0.1) is 38.5 Å². The van der Waals surface area contributed by atoms with Gasteiger partial charge in [0.1, 0.15) is 37.6 Å². The zero-order valence-electron chi connectivity index (χ0n) is 30.7. The maximum Gasteiger partial charge on any atom is 0.407 e. The normalized spacial score (nSPS) is 21.8. The number of aliphatic hydroxyl groups excluding tert-OH is 4. The predicted octanol–water partition coefficient (Wildman–Crippen LogP) is -0.835. The number of amides is 4. The van der Waals surface area contributed by atoms with Crippen LogP contribution in [0, 0.1) is 5.92 Å². The van der Waals surface area contributed by atoms with Gasteiger partial charge in [-0.3, -0.25) is 9.59 Å². The number of carbonyl (C=O) groups is 5. The van der Waals surface area contributed by atoms with Crippen molar-refractivity contribution in [3.63, 3.8) is 0 Å². The van der Waals surface area contributed by atoms with Crippen LogP contribution in [0.5, 0.6) is 0 Å². The number of ether oxygens (including phenoxy) is 5. The first kappa shape index (κ1) is 46.7. The Labute approximate surface area is 304 Å². The van der Waals surface area contributed by atoms with E-state index in [0.29, 0.717) is 26.1 Å². The van der Waals surface area contributed by atoms with Crippen LogP contribution >= 0.6 is 0 Å². The molecule has 0 saturated carbocycles. The Bertz CT molecular complexity index is 1080. The molecule has 0 radical (unpaired) electrons. The molecule has 1 aliphatic rings. The van der Waals surface area contributed by atoms with E-state index in [-0.39, 0.29) is 51.7 Å². The summed E-state index contributed by atoms with van der Waals surface area (Å²) in [6.07, 6.45) is -6.52. The maximum atomic E-state index is 13.2. The summed E-state index contributed by atoms with van der Waals surface area (Å²) in [5.74, 6) is -3.27. The second kappa shape index (κ2) is 25.6. The topological polar surface area (TPSA) is 281 Å². The molecule has 52 heavy (non-hydrogen) atoms. The lowest BCUT2D eigenvalue weighted by Gasteiger charge is -2.47. The van der Waals surface area contributed by atoms with Crippen LogP contribution in [-0.4, -0.2) is 157 Å². The summed E-state index contributed by atoms with van der Waals surface area (Å²) in [7, 11) is 0. The van der Waals surface area contributed by atoms with Crippen molar-refractivity contribution in [2.45, 2.75) is 115 Å². The van der Waals surface area contributed by atoms with Crippen molar-refractivity contribution < 1.29 is 73.2 Å². The van der Waals surface area contributed by atoms with Crippen molar-refractivity contribution in [2.75, 3.05) is 59.3 Å². The number of alkyl carbamates (subject to hydrolysis) is 2. The average Bonchev–Trinajstić information content (AvgIpc) is 3.09. The minimum atomic E-state index is -1.96. The number of unbranched alkanes of at least 4 members (excludes halogenated alkanes) is 1. The Morgan fingerprint density at radius 3 is 2.06 bits per heavy atom. The highest BCUT2D eigenvalue weighted by atomic mass is 16.6. The number of hydrogen-bond donors (Lipinski definition) is 9. The summed E-state index contributed by atoms with van der Waals surface area (Å²) in [4.78, 5) is 62.7. The SMILES string of the molecule is CCCOCCOC(=O)NCCCCC(NC(=O)OCCOCCC)C(=O)NCC(=O)NC1C(O)CC(CC(C)C)(C(=O)O)OC1C(O)C(O)CO. The number of carboxylic acids is 1. The van der Waals surface area contributed by atoms with Crippen LogP contribution in [0.25, 0.3) is 0 Å². The number of nitrogens with one attached hydrogen (secondary N) is 4. The van der Waals surface area contributed by atoms with Crippen molar-refractivity contribution in [3.8, 4) is 0 Å². The number of rotatable bonds is 26. The van der Waals surface area contributed by atoms with Gasteiger partial charge in [-0.1, -0.05) is 27.7 Å². The predicted molar refractivity (Wildman–Crippen MR) is 183 cm³/mol. The van der Waals surface area contributed by atoms with Crippen LogP contribution in [0.1, 0.15) is 72.6 Å². The molecule has 9 N–H and O–H groups in total. The molecule has 0 aromatic heterocycles. The second-order valence-corrected chi connectivity index (χ2v) is 12.9. The lowest BCUT2D eigenvalue weighted by atomic mass is 9.79. The molecular weight excluding hydrogens is 692 g/mol. The van der Waals surface area contributed by atoms with E-state index < -0.39 is 91.6 Å². The highest BCUT2D eigenvalue weighted by Crippen LogP contribution is 2.36. The van der Waals surface area contributed by atoms with Gasteiger partial charge in [0, 0.05) is 26.2 Å². The molecule has 1 fully saturated rings. The first-order chi connectivity index (χ1) is 24.7. The van der Waals surface area contributed by atoms with Gasteiger partial charge in [0.25, 0.3) is 0 Å². The monoisotopic (exact) mass is 752 g/mol. The van der Waals surface area contributed by atoms with E-state index in [9.17, 15) is 49.5 Å². The highest BCUT2D eigenvalue weighted by Gasteiger charge is 2.54. The molecule has 0 aromatic rings. The van der Waals surface area contributed by atoms with Crippen LogP contribution in [0.2, 0.25) is 0 Å². The van der Waals surface area contributed by atoms with Crippen LogP contribution in [-0.2, 0) is 38.1 Å². The standard InChI is InChI=1S/C33H60N4O15/c1-5-11-48-13-15-50-31(46)34-10-8-7-9-22(36-32(47)51-16-14-49-12-6-2)29(43)35-19-25(41)37-26-23(39)18-33(30(44)45,17-21(3)4)52-28(26)27(42)24(40)20-38/h21-24,26-28,38-40,42H,5-20H2,1-4H3,(H,34,46)(H,35,43)(H,36,47)(H,37,41)(H,44,45). The third-order valence-electron chi connectivity index (χ3n) is 7.88. The Morgan fingerprint density at radius 1 is 0.885 bits per heavy atom. The van der Waals surface area contributed by atoms with E-state index >= 15 is 0 Å². The molecule has 19 heteroatoms. The van der Waals surface area contributed by atoms with Crippen LogP contribution in [0.4, 0.5) is 9.59 Å². The first-order valence-corrected chi connectivity index (χ1v) is 17.8. The Kier molecular flexibility index (Phi) is 23.0. The fourth-order valence-electron chi connectivity index (χ4n) is 5.44. The minimum Gasteiger partial charge on any atom is -0.479 e. The molecule has 7 atom stereocenters. The first-order valence-electron chi connectivity index (χ1n) is 17.8. The lowest BCUT2D eigenvalue weighted by molar-refractivity contribution is -0.233. The molecule has 0 aliphatic carbocycles. The minimum absolute atomic E-state index is 0.0636. The third-order valence-corrected chi connectivity index (χ3v) is 7.88. The largest absolute Gasteiger partial charge is 0.479 e. The van der Waals surface area contributed by atoms with Gasteiger partial charge in [-0.2, -0.15) is 0 Å². The van der Waals surface area contributed by atoms with E-state index in [1.165, 1.54) is 0 Å². The summed E-state index contributed by atoms with van der Waals surface area (Å²) >= 11 is 0. The molecule has 302 valence electrons. The number of hydrogen-bond acceptors (Lipinski definition) is 14. The molecule has 1 aliphatic heterocycles. The molecule has 1 saturated heterocycles. The fraction of sp³-hybridized carbons (Fsp3) is 0.848. The molecule has 4 amide bonds. The zero-order valence-corrected chi connectivity index (χ0v) is 30.7. The number of aliphatic hydroxyl groups is 4.